The number of nitrogens with one attached hydrogen (secondary N) is 1. The van der Waals surface area contributed by atoms with Gasteiger partial charge in [0, 0.05) is 51.2 Å². The van der Waals surface area contributed by atoms with Crippen LogP contribution in [0.2, 0.25) is 0 Å². The highest BCUT2D eigenvalue weighted by molar-refractivity contribution is 7.89. The zero-order valence-corrected chi connectivity index (χ0v) is 17.9. The Kier molecular flexibility index (Phi) is 8.20. The molecule has 14 heteroatoms. The lowest BCUT2D eigenvalue weighted by Crippen LogP contribution is -2.39. The van der Waals surface area contributed by atoms with Crippen molar-refractivity contribution in [1.82, 2.24) is 29.2 Å². The Labute approximate surface area is 177 Å². The molecular weight excluding hydrogens is 441 g/mol. The average molecular weight is 466 g/mol. The second-order valence-corrected chi connectivity index (χ2v) is 9.10. The van der Waals surface area contributed by atoms with Crippen LogP contribution in [0.4, 0.5) is 13.2 Å². The van der Waals surface area contributed by atoms with Crippen LogP contribution in [-0.2, 0) is 35.0 Å². The second-order valence-electron chi connectivity index (χ2n) is 7.00. The summed E-state index contributed by atoms with van der Waals surface area (Å²) in [5.41, 5.74) is 2.34. The minimum atomic E-state index is -5.08. The average Bonchev–Trinajstić information content (AvgIpc) is 3.30. The molecule has 0 radical (unpaired) electrons. The maximum atomic E-state index is 11.6. The predicted molar refractivity (Wildman–Crippen MR) is 104 cm³/mol. The summed E-state index contributed by atoms with van der Waals surface area (Å²) in [5, 5.41) is 15.8. The molecule has 0 aliphatic carbocycles. The van der Waals surface area contributed by atoms with E-state index in [1.54, 1.807) is 11.6 Å². The SMILES string of the molecule is CCS(=O)(=O)NCCC1CN(Cc2cnn(C)c2)Cc2ccnn21.O=C(O)C(F)(F)F. The molecule has 0 fully saturated rings. The van der Waals surface area contributed by atoms with Crippen LogP contribution in [-0.4, -0.2) is 69.0 Å². The summed E-state index contributed by atoms with van der Waals surface area (Å²) >= 11 is 0. The van der Waals surface area contributed by atoms with Crippen molar-refractivity contribution in [2.75, 3.05) is 18.8 Å². The third kappa shape index (κ3) is 7.63. The number of carboxylic acid groups (broad SMARTS) is 1. The van der Waals surface area contributed by atoms with Gasteiger partial charge in [-0.2, -0.15) is 23.4 Å². The monoisotopic (exact) mass is 466 g/mol. The first-order valence-corrected chi connectivity index (χ1v) is 11.1. The van der Waals surface area contributed by atoms with Gasteiger partial charge in [-0.1, -0.05) is 0 Å². The van der Waals surface area contributed by atoms with E-state index in [0.717, 1.165) is 31.7 Å². The third-order valence-electron chi connectivity index (χ3n) is 4.54. The lowest BCUT2D eigenvalue weighted by Gasteiger charge is -2.33. The zero-order chi connectivity index (χ0) is 23.2. The maximum Gasteiger partial charge on any atom is 0.490 e. The highest BCUT2D eigenvalue weighted by Gasteiger charge is 2.38. The van der Waals surface area contributed by atoms with Crippen LogP contribution in [0.5, 0.6) is 0 Å². The van der Waals surface area contributed by atoms with Gasteiger partial charge in [0.05, 0.1) is 23.7 Å². The Morgan fingerprint density at radius 2 is 2.03 bits per heavy atom. The molecule has 174 valence electrons. The van der Waals surface area contributed by atoms with Crippen LogP contribution in [0.25, 0.3) is 0 Å². The Balaban J connectivity index is 0.000000423. The van der Waals surface area contributed by atoms with E-state index in [1.807, 2.05) is 36.4 Å². The van der Waals surface area contributed by atoms with Gasteiger partial charge in [0.2, 0.25) is 10.0 Å². The molecule has 31 heavy (non-hydrogen) atoms. The predicted octanol–water partition coefficient (Wildman–Crippen LogP) is 1.14. The smallest absolute Gasteiger partial charge is 0.475 e. The summed E-state index contributed by atoms with van der Waals surface area (Å²) in [7, 11) is -1.23. The van der Waals surface area contributed by atoms with Crippen LogP contribution >= 0.6 is 0 Å². The van der Waals surface area contributed by atoms with E-state index in [-0.39, 0.29) is 11.8 Å². The standard InChI is InChI=1S/C15H24N6O2S.C2HF3O2/c1-3-24(22,23)18-7-5-15-12-20(10-13-8-17-19(2)9-13)11-14-4-6-16-21(14)15;3-2(4,5)1(6)7/h4,6,8-9,15,18H,3,5,7,10-12H2,1-2H3;(H,6,7). The molecule has 0 saturated heterocycles. The molecule has 1 atom stereocenters. The fourth-order valence-electron chi connectivity index (χ4n) is 3.09. The summed E-state index contributed by atoms with van der Waals surface area (Å²) in [6.07, 6.45) is 1.36. The van der Waals surface area contributed by atoms with Crippen molar-refractivity contribution in [3.63, 3.8) is 0 Å². The highest BCUT2D eigenvalue weighted by atomic mass is 32.2. The van der Waals surface area contributed by atoms with Crippen LogP contribution in [0.1, 0.15) is 30.6 Å². The Morgan fingerprint density at radius 3 is 2.58 bits per heavy atom. The summed E-state index contributed by atoms with van der Waals surface area (Å²) in [6, 6.07) is 2.19. The summed E-state index contributed by atoms with van der Waals surface area (Å²) in [5.74, 6) is -2.65. The first-order chi connectivity index (χ1) is 14.4. The topological polar surface area (TPSA) is 122 Å². The largest absolute Gasteiger partial charge is 0.490 e. The maximum absolute atomic E-state index is 11.6. The quantitative estimate of drug-likeness (QED) is 0.627. The van der Waals surface area contributed by atoms with E-state index in [0.29, 0.717) is 6.54 Å². The Hall–Kier alpha value is -2.45. The van der Waals surface area contributed by atoms with Crippen LogP contribution in [0, 0.1) is 0 Å². The number of fused-ring (bicyclic) bond motifs is 1. The number of rotatable bonds is 7. The number of sulfonamides is 1. The van der Waals surface area contributed by atoms with Gasteiger partial charge >= 0.3 is 12.1 Å². The van der Waals surface area contributed by atoms with E-state index in [2.05, 4.69) is 19.8 Å². The molecule has 10 nitrogen and oxygen atoms in total. The molecule has 1 aliphatic rings. The molecule has 1 unspecified atom stereocenters. The van der Waals surface area contributed by atoms with Gasteiger partial charge < -0.3 is 5.11 Å². The molecule has 0 aromatic carbocycles. The van der Waals surface area contributed by atoms with Gasteiger partial charge in [-0.25, -0.2) is 17.9 Å². The van der Waals surface area contributed by atoms with E-state index in [4.69, 9.17) is 9.90 Å². The Morgan fingerprint density at radius 1 is 1.35 bits per heavy atom. The number of nitrogens with zero attached hydrogens (tertiary/aromatic N) is 5. The number of carboxylic acids is 1. The normalized spacial score (nSPS) is 17.0. The fourth-order valence-corrected chi connectivity index (χ4v) is 3.73. The summed E-state index contributed by atoms with van der Waals surface area (Å²) in [4.78, 5) is 11.3. The zero-order valence-electron chi connectivity index (χ0n) is 17.1. The molecule has 0 bridgehead atoms. The van der Waals surface area contributed by atoms with E-state index in [1.165, 1.54) is 5.56 Å². The number of aromatic nitrogens is 4. The lowest BCUT2D eigenvalue weighted by atomic mass is 10.1. The van der Waals surface area contributed by atoms with Crippen molar-refractivity contribution >= 4 is 16.0 Å². The van der Waals surface area contributed by atoms with Gasteiger partial charge in [-0.3, -0.25) is 14.3 Å². The molecule has 0 saturated carbocycles. The van der Waals surface area contributed by atoms with Crippen molar-refractivity contribution in [1.29, 1.82) is 0 Å². The van der Waals surface area contributed by atoms with Crippen LogP contribution in [0.15, 0.2) is 24.7 Å². The number of hydrogen-bond donors (Lipinski definition) is 2. The van der Waals surface area contributed by atoms with Gasteiger partial charge in [0.25, 0.3) is 0 Å². The molecule has 0 amide bonds. The van der Waals surface area contributed by atoms with Crippen molar-refractivity contribution in [2.45, 2.75) is 38.7 Å². The molecule has 2 N–H and O–H groups in total. The van der Waals surface area contributed by atoms with Crippen LogP contribution < -0.4 is 4.72 Å². The fraction of sp³-hybridized carbons (Fsp3) is 0.588. The molecule has 2 aromatic rings. The van der Waals surface area contributed by atoms with Gasteiger partial charge in [-0.05, 0) is 19.4 Å². The lowest BCUT2D eigenvalue weighted by molar-refractivity contribution is -0.192. The summed E-state index contributed by atoms with van der Waals surface area (Å²) in [6.45, 7) is 4.59. The van der Waals surface area contributed by atoms with Crippen molar-refractivity contribution in [3.8, 4) is 0 Å². The van der Waals surface area contributed by atoms with Crippen molar-refractivity contribution in [2.24, 2.45) is 7.05 Å². The third-order valence-corrected chi connectivity index (χ3v) is 5.94. The van der Waals surface area contributed by atoms with Gasteiger partial charge in [0.15, 0.2) is 0 Å². The molecular formula is C17H25F3N6O4S. The molecule has 3 heterocycles. The molecule has 1 aliphatic heterocycles. The van der Waals surface area contributed by atoms with Gasteiger partial charge in [0.1, 0.15) is 0 Å². The van der Waals surface area contributed by atoms with Crippen molar-refractivity contribution in [3.05, 3.63) is 35.9 Å². The minimum Gasteiger partial charge on any atom is -0.475 e. The van der Waals surface area contributed by atoms with E-state index < -0.39 is 22.2 Å². The summed E-state index contributed by atoms with van der Waals surface area (Å²) < 4.78 is 61.4. The number of halogens is 3. The number of alkyl halides is 3. The first-order valence-electron chi connectivity index (χ1n) is 9.41. The molecule has 3 rings (SSSR count). The molecule has 2 aromatic heterocycles. The number of aliphatic carboxylic acids is 1. The minimum absolute atomic E-state index is 0.109. The van der Waals surface area contributed by atoms with Gasteiger partial charge in [-0.15, -0.1) is 0 Å². The van der Waals surface area contributed by atoms with E-state index in [9.17, 15) is 21.6 Å². The van der Waals surface area contributed by atoms with E-state index >= 15 is 0 Å². The van der Waals surface area contributed by atoms with Crippen LogP contribution in [0.3, 0.4) is 0 Å². The Bertz CT molecular complexity index is 973. The first kappa shape index (κ1) is 24.8. The second kappa shape index (κ2) is 10.2. The number of hydrogen-bond acceptors (Lipinski definition) is 6. The number of aryl methyl sites for hydroxylation is 1. The highest BCUT2D eigenvalue weighted by Crippen LogP contribution is 2.24. The van der Waals surface area contributed by atoms with Crippen molar-refractivity contribution < 1.29 is 31.5 Å². The number of carbonyl (C=O) groups is 1. The molecule has 0 spiro atoms.